The molecule has 8 heteroatoms. The van der Waals surface area contributed by atoms with Crippen molar-refractivity contribution in [2.75, 3.05) is 6.54 Å². The zero-order chi connectivity index (χ0) is 17.1. The molecule has 3 heterocycles. The van der Waals surface area contributed by atoms with Crippen molar-refractivity contribution in [1.29, 1.82) is 0 Å². The topological polar surface area (TPSA) is 101 Å². The Labute approximate surface area is 144 Å². The summed E-state index contributed by atoms with van der Waals surface area (Å²) >= 11 is 0. The molecular formula is C17H19N7O. The van der Waals surface area contributed by atoms with Crippen LogP contribution in [0.5, 0.6) is 0 Å². The van der Waals surface area contributed by atoms with Crippen LogP contribution in [0.4, 0.5) is 0 Å². The molecule has 1 amide bonds. The molecular weight excluding hydrogens is 318 g/mol. The lowest BCUT2D eigenvalue weighted by molar-refractivity contribution is 0.0944. The minimum atomic E-state index is -0.156. The monoisotopic (exact) mass is 337 g/mol. The summed E-state index contributed by atoms with van der Waals surface area (Å²) in [6.45, 7) is 2.65. The largest absolute Gasteiger partial charge is 0.347 e. The fraction of sp³-hybridized carbons (Fsp3) is 0.294. The second-order valence-electron chi connectivity index (χ2n) is 6.00. The van der Waals surface area contributed by atoms with Gasteiger partial charge in [0.05, 0.1) is 6.54 Å². The van der Waals surface area contributed by atoms with E-state index in [1.165, 1.54) is 6.33 Å². The van der Waals surface area contributed by atoms with Crippen LogP contribution >= 0.6 is 0 Å². The summed E-state index contributed by atoms with van der Waals surface area (Å²) in [6, 6.07) is 7.98. The zero-order valence-corrected chi connectivity index (χ0v) is 13.7. The quantitative estimate of drug-likeness (QED) is 0.634. The maximum atomic E-state index is 12.5. The Morgan fingerprint density at radius 2 is 2.16 bits per heavy atom. The summed E-state index contributed by atoms with van der Waals surface area (Å²) in [6.07, 6.45) is 4.06. The van der Waals surface area contributed by atoms with E-state index in [4.69, 9.17) is 0 Å². The molecule has 0 saturated heterocycles. The van der Waals surface area contributed by atoms with Crippen LogP contribution in [0.25, 0.3) is 0 Å². The Balaban J connectivity index is 1.46. The maximum absolute atomic E-state index is 12.5. The van der Waals surface area contributed by atoms with Crippen LogP contribution in [0.1, 0.15) is 32.9 Å². The molecule has 25 heavy (non-hydrogen) atoms. The molecule has 2 aromatic heterocycles. The summed E-state index contributed by atoms with van der Waals surface area (Å²) in [5, 5.41) is 17.6. The fourth-order valence-electron chi connectivity index (χ4n) is 3.05. The van der Waals surface area contributed by atoms with Crippen molar-refractivity contribution in [2.24, 2.45) is 0 Å². The first-order valence-electron chi connectivity index (χ1n) is 8.25. The summed E-state index contributed by atoms with van der Waals surface area (Å²) in [5.41, 5.74) is 4.65. The third-order valence-corrected chi connectivity index (χ3v) is 4.38. The Morgan fingerprint density at radius 1 is 1.28 bits per heavy atom. The molecule has 1 aromatic carbocycles. The number of aromatic amines is 1. The number of H-pyrrole nitrogens is 1. The van der Waals surface area contributed by atoms with Crippen molar-refractivity contribution >= 4 is 5.91 Å². The predicted molar refractivity (Wildman–Crippen MR) is 90.7 cm³/mol. The van der Waals surface area contributed by atoms with Crippen molar-refractivity contribution in [2.45, 2.75) is 26.1 Å². The average Bonchev–Trinajstić information content (AvgIpc) is 3.30. The van der Waals surface area contributed by atoms with E-state index in [1.807, 2.05) is 24.3 Å². The van der Waals surface area contributed by atoms with Gasteiger partial charge in [-0.05, 0) is 11.1 Å². The van der Waals surface area contributed by atoms with Crippen molar-refractivity contribution < 1.29 is 4.79 Å². The maximum Gasteiger partial charge on any atom is 0.272 e. The number of fused-ring (bicyclic) bond motifs is 1. The highest BCUT2D eigenvalue weighted by molar-refractivity contribution is 5.94. The minimum Gasteiger partial charge on any atom is -0.347 e. The van der Waals surface area contributed by atoms with Crippen LogP contribution in [0, 0.1) is 0 Å². The molecule has 0 aliphatic carbocycles. The van der Waals surface area contributed by atoms with Crippen molar-refractivity contribution in [3.63, 3.8) is 0 Å². The van der Waals surface area contributed by atoms with Crippen LogP contribution in [-0.2, 0) is 26.1 Å². The van der Waals surface area contributed by atoms with Crippen LogP contribution in [0.2, 0.25) is 0 Å². The third-order valence-electron chi connectivity index (χ3n) is 4.38. The number of nitrogens with one attached hydrogen (secondary N) is 3. The lowest BCUT2D eigenvalue weighted by Gasteiger charge is -2.13. The van der Waals surface area contributed by atoms with Gasteiger partial charge in [0.1, 0.15) is 12.7 Å². The predicted octanol–water partition coefficient (Wildman–Crippen LogP) is 0.625. The second-order valence-corrected chi connectivity index (χ2v) is 6.00. The first kappa shape index (κ1) is 15.5. The molecule has 3 aromatic rings. The molecule has 1 aliphatic rings. The smallest absolute Gasteiger partial charge is 0.272 e. The van der Waals surface area contributed by atoms with Gasteiger partial charge < -0.3 is 10.6 Å². The lowest BCUT2D eigenvalue weighted by atomic mass is 10.1. The van der Waals surface area contributed by atoms with Crippen LogP contribution < -0.4 is 10.6 Å². The molecule has 0 bridgehead atoms. The molecule has 3 N–H and O–H groups in total. The van der Waals surface area contributed by atoms with Gasteiger partial charge in [0.15, 0.2) is 5.69 Å². The summed E-state index contributed by atoms with van der Waals surface area (Å²) < 4.78 is 1.76. The average molecular weight is 337 g/mol. The zero-order valence-electron chi connectivity index (χ0n) is 13.7. The fourth-order valence-corrected chi connectivity index (χ4v) is 3.05. The van der Waals surface area contributed by atoms with E-state index in [0.29, 0.717) is 25.3 Å². The number of carbonyl (C=O) groups excluding carboxylic acids is 1. The van der Waals surface area contributed by atoms with E-state index in [1.54, 1.807) is 11.0 Å². The number of hydrogen-bond donors (Lipinski definition) is 3. The van der Waals surface area contributed by atoms with Crippen LogP contribution in [0.3, 0.4) is 0 Å². The van der Waals surface area contributed by atoms with Crippen LogP contribution in [-0.4, -0.2) is 37.4 Å². The van der Waals surface area contributed by atoms with Gasteiger partial charge >= 0.3 is 0 Å². The van der Waals surface area contributed by atoms with Gasteiger partial charge in [-0.25, -0.2) is 9.67 Å². The van der Waals surface area contributed by atoms with Crippen molar-refractivity contribution in [1.82, 2.24) is 35.6 Å². The van der Waals surface area contributed by atoms with Gasteiger partial charge in [-0.2, -0.15) is 10.2 Å². The standard InChI is InChI=1S/C17H19N7O/c25-17(16-14-8-18-6-5-15(14)22-23-16)20-7-12-3-1-2-4-13(12)9-24-11-19-10-21-24/h1-4,10-11,18H,5-9H2,(H,20,25)(H,22,23). The van der Waals surface area contributed by atoms with Gasteiger partial charge in [-0.1, -0.05) is 24.3 Å². The van der Waals surface area contributed by atoms with Gasteiger partial charge in [0, 0.05) is 37.3 Å². The summed E-state index contributed by atoms with van der Waals surface area (Å²) in [7, 11) is 0. The van der Waals surface area contributed by atoms with Gasteiger partial charge in [-0.3, -0.25) is 9.89 Å². The Hall–Kier alpha value is -3.00. The van der Waals surface area contributed by atoms with E-state index >= 15 is 0 Å². The number of amides is 1. The number of nitrogens with zero attached hydrogens (tertiary/aromatic N) is 4. The molecule has 0 unspecified atom stereocenters. The summed E-state index contributed by atoms with van der Waals surface area (Å²) in [4.78, 5) is 16.5. The number of hydrogen-bond acceptors (Lipinski definition) is 5. The third kappa shape index (κ3) is 3.29. The second kappa shape index (κ2) is 6.86. The van der Waals surface area contributed by atoms with Crippen LogP contribution in [0.15, 0.2) is 36.9 Å². The minimum absolute atomic E-state index is 0.156. The highest BCUT2D eigenvalue weighted by Gasteiger charge is 2.21. The molecule has 0 atom stereocenters. The first-order valence-corrected chi connectivity index (χ1v) is 8.25. The molecule has 4 rings (SSSR count). The van der Waals surface area contributed by atoms with E-state index in [2.05, 4.69) is 30.9 Å². The molecule has 1 aliphatic heterocycles. The molecule has 0 spiro atoms. The van der Waals surface area contributed by atoms with E-state index < -0.39 is 0 Å². The summed E-state index contributed by atoms with van der Waals surface area (Å²) in [5.74, 6) is -0.156. The van der Waals surface area contributed by atoms with Crippen molar-refractivity contribution in [3.05, 3.63) is 65.0 Å². The van der Waals surface area contributed by atoms with E-state index in [9.17, 15) is 4.79 Å². The Bertz CT molecular complexity index is 869. The highest BCUT2D eigenvalue weighted by Crippen LogP contribution is 2.16. The van der Waals surface area contributed by atoms with Gasteiger partial charge in [0.25, 0.3) is 5.91 Å². The van der Waals surface area contributed by atoms with E-state index in [-0.39, 0.29) is 5.91 Å². The first-order chi connectivity index (χ1) is 12.3. The van der Waals surface area contributed by atoms with E-state index in [0.717, 1.165) is 35.3 Å². The number of rotatable bonds is 5. The Morgan fingerprint density at radius 3 is 3.00 bits per heavy atom. The lowest BCUT2D eigenvalue weighted by Crippen LogP contribution is -2.28. The highest BCUT2D eigenvalue weighted by atomic mass is 16.1. The number of benzene rings is 1. The van der Waals surface area contributed by atoms with Crippen molar-refractivity contribution in [3.8, 4) is 0 Å². The normalized spacial score (nSPS) is 13.4. The van der Waals surface area contributed by atoms with Gasteiger partial charge in [0.2, 0.25) is 0 Å². The Kier molecular flexibility index (Phi) is 4.26. The molecule has 0 radical (unpaired) electrons. The molecule has 8 nitrogen and oxygen atoms in total. The SMILES string of the molecule is O=C(NCc1ccccc1Cn1cncn1)c1n[nH]c2c1CNCC2. The number of carbonyl (C=O) groups is 1. The molecule has 0 saturated carbocycles. The van der Waals surface area contributed by atoms with Gasteiger partial charge in [-0.15, -0.1) is 0 Å². The number of aromatic nitrogens is 5. The molecule has 0 fully saturated rings. The molecule has 128 valence electrons.